The van der Waals surface area contributed by atoms with E-state index >= 15 is 0 Å². The van der Waals surface area contributed by atoms with Crippen LogP contribution in [0.1, 0.15) is 36.6 Å². The molecule has 2 aromatic rings. The largest absolute Gasteiger partial charge is 0.478 e. The molecule has 1 aliphatic heterocycles. The molecule has 2 aliphatic carbocycles. The van der Waals surface area contributed by atoms with E-state index in [0.29, 0.717) is 5.56 Å². The van der Waals surface area contributed by atoms with Crippen LogP contribution in [0, 0.1) is 12.3 Å². The van der Waals surface area contributed by atoms with Crippen LogP contribution in [0.4, 0.5) is 5.69 Å². The van der Waals surface area contributed by atoms with Gasteiger partial charge in [-0.3, -0.25) is 9.59 Å². The predicted molar refractivity (Wildman–Crippen MR) is 104 cm³/mol. The van der Waals surface area contributed by atoms with Crippen molar-refractivity contribution in [3.63, 3.8) is 0 Å². The lowest BCUT2D eigenvalue weighted by molar-refractivity contribution is 0.0695. The van der Waals surface area contributed by atoms with E-state index in [0.717, 1.165) is 4.90 Å². The molecule has 134 valence electrons. The Balaban J connectivity index is 0.000000268. The van der Waals surface area contributed by atoms with Crippen LogP contribution in [0.3, 0.4) is 0 Å². The lowest BCUT2D eigenvalue weighted by atomic mass is 9.95. The maximum absolute atomic E-state index is 12.5. The number of hydrogen-bond acceptors (Lipinski definition) is 3. The van der Waals surface area contributed by atoms with Crippen LogP contribution in [-0.4, -0.2) is 22.9 Å². The van der Waals surface area contributed by atoms with Crippen LogP contribution in [-0.2, 0) is 0 Å². The second-order valence-corrected chi connectivity index (χ2v) is 6.25. The highest BCUT2D eigenvalue weighted by molar-refractivity contribution is 6.35. The monoisotopic (exact) mass is 367 g/mol. The molecule has 5 nitrogen and oxygen atoms in total. The van der Waals surface area contributed by atoms with E-state index in [-0.39, 0.29) is 22.4 Å². The van der Waals surface area contributed by atoms with Gasteiger partial charge in [0.15, 0.2) is 0 Å². The molecule has 3 aliphatic rings. The molecule has 5 heteroatoms. The molecule has 0 aromatic heterocycles. The number of rotatable bonds is 2. The molecule has 2 amide bonds. The third kappa shape index (κ3) is 2.65. The molecule has 28 heavy (non-hydrogen) atoms. The Morgan fingerprint density at radius 2 is 1.54 bits per heavy atom. The predicted octanol–water partition coefficient (Wildman–Crippen LogP) is 3.83. The van der Waals surface area contributed by atoms with Crippen LogP contribution < -0.4 is 4.90 Å². The quantitative estimate of drug-likeness (QED) is 0.432. The van der Waals surface area contributed by atoms with Gasteiger partial charge in [0, 0.05) is 5.56 Å². The Bertz CT molecular complexity index is 1160. The van der Waals surface area contributed by atoms with E-state index in [9.17, 15) is 14.4 Å². The number of amides is 2. The molecule has 0 radical (unpaired) electrons. The molecule has 0 fully saturated rings. The van der Waals surface area contributed by atoms with Gasteiger partial charge in [0.1, 0.15) is 0 Å². The van der Waals surface area contributed by atoms with Crippen molar-refractivity contribution in [1.82, 2.24) is 0 Å². The summed E-state index contributed by atoms with van der Waals surface area (Å²) in [7, 11) is 0. The lowest BCUT2D eigenvalue weighted by Crippen LogP contribution is -2.29. The van der Waals surface area contributed by atoms with Gasteiger partial charge in [0.25, 0.3) is 11.8 Å². The number of aromatic carboxylic acids is 1. The zero-order valence-corrected chi connectivity index (χ0v) is 14.5. The fourth-order valence-corrected chi connectivity index (χ4v) is 3.08. The summed E-state index contributed by atoms with van der Waals surface area (Å²) in [4.78, 5) is 37.0. The van der Waals surface area contributed by atoms with Crippen molar-refractivity contribution in [2.75, 3.05) is 4.90 Å². The summed E-state index contributed by atoms with van der Waals surface area (Å²) < 4.78 is 0. The highest BCUT2D eigenvalue weighted by Crippen LogP contribution is 2.31. The molecule has 0 saturated carbocycles. The van der Waals surface area contributed by atoms with E-state index in [1.807, 2.05) is 0 Å². The summed E-state index contributed by atoms with van der Waals surface area (Å²) in [6.45, 7) is 0. The van der Waals surface area contributed by atoms with Crippen molar-refractivity contribution in [3.05, 3.63) is 89.0 Å². The Hall–Kier alpha value is -4.17. The van der Waals surface area contributed by atoms with Crippen molar-refractivity contribution in [1.29, 1.82) is 0 Å². The molecule has 0 unspecified atom stereocenters. The van der Waals surface area contributed by atoms with Gasteiger partial charge in [0.2, 0.25) is 0 Å². The van der Waals surface area contributed by atoms with Gasteiger partial charge in [-0.15, -0.1) is 6.42 Å². The SMILES string of the molecule is C#Cc1cccc2c1C(=O)N(c1cccc(C(=O)O)c1)C2=O.c1cc2ccc1-2. The standard InChI is InChI=1S/C17H9NO4.C6H4/c1-2-10-5-4-8-13-14(10)16(20)18(15(13)19)12-7-3-6-11(9-12)17(21)22;1-2-6-4-3-5(1)6/h1,3-9H,(H,21,22);1-4H. The molecular weight excluding hydrogens is 354 g/mol. The molecule has 1 heterocycles. The molecule has 0 bridgehead atoms. The average Bonchev–Trinajstić information content (AvgIpc) is 2.95. The summed E-state index contributed by atoms with van der Waals surface area (Å²) in [5, 5.41) is 9.02. The number of carboxylic acid groups (broad SMARTS) is 1. The lowest BCUT2D eigenvalue weighted by Gasteiger charge is -2.14. The van der Waals surface area contributed by atoms with Crippen molar-refractivity contribution in [3.8, 4) is 23.5 Å². The minimum atomic E-state index is -1.14. The number of nitrogens with zero attached hydrogens (tertiary/aromatic N) is 1. The summed E-state index contributed by atoms with van der Waals surface area (Å²) >= 11 is 0. The summed E-state index contributed by atoms with van der Waals surface area (Å²) in [5.41, 5.74) is 3.79. The number of fused-ring (bicyclic) bond motifs is 2. The fraction of sp³-hybridized carbons (Fsp3) is 0. The van der Waals surface area contributed by atoms with Crippen LogP contribution in [0.15, 0.2) is 66.7 Å². The third-order valence-electron chi connectivity index (χ3n) is 4.64. The number of anilines is 1. The van der Waals surface area contributed by atoms with Gasteiger partial charge in [-0.05, 0) is 41.5 Å². The van der Waals surface area contributed by atoms with Crippen molar-refractivity contribution >= 4 is 23.5 Å². The first-order chi connectivity index (χ1) is 13.5. The average molecular weight is 367 g/mol. The highest BCUT2D eigenvalue weighted by atomic mass is 16.4. The van der Waals surface area contributed by atoms with Gasteiger partial charge in [-0.1, -0.05) is 42.3 Å². The van der Waals surface area contributed by atoms with Gasteiger partial charge in [-0.2, -0.15) is 0 Å². The number of hydrogen-bond donors (Lipinski definition) is 1. The number of imide groups is 1. The van der Waals surface area contributed by atoms with Gasteiger partial charge < -0.3 is 5.11 Å². The molecule has 1 N–H and O–H groups in total. The van der Waals surface area contributed by atoms with Crippen LogP contribution >= 0.6 is 0 Å². The van der Waals surface area contributed by atoms with E-state index in [1.165, 1.54) is 41.5 Å². The Kier molecular flexibility index (Phi) is 4.02. The van der Waals surface area contributed by atoms with Crippen LogP contribution in [0.2, 0.25) is 0 Å². The number of carbonyl (C=O) groups is 3. The highest BCUT2D eigenvalue weighted by Gasteiger charge is 2.38. The number of terminal acetylenes is 1. The van der Waals surface area contributed by atoms with Crippen LogP contribution in [0.5, 0.6) is 0 Å². The minimum Gasteiger partial charge on any atom is -0.478 e. The smallest absolute Gasteiger partial charge is 0.335 e. The fourth-order valence-electron chi connectivity index (χ4n) is 3.08. The summed E-state index contributed by atoms with van der Waals surface area (Å²) in [5.74, 6) is 0.190. The van der Waals surface area contributed by atoms with Crippen LogP contribution in [0.25, 0.3) is 11.1 Å². The van der Waals surface area contributed by atoms with Gasteiger partial charge in [-0.25, -0.2) is 9.69 Å². The van der Waals surface area contributed by atoms with E-state index in [2.05, 4.69) is 30.2 Å². The van der Waals surface area contributed by atoms with Gasteiger partial charge in [0.05, 0.1) is 22.4 Å². The minimum absolute atomic E-state index is 0.00812. The maximum Gasteiger partial charge on any atom is 0.335 e. The first-order valence-electron chi connectivity index (χ1n) is 8.43. The molecule has 5 rings (SSSR count). The zero-order chi connectivity index (χ0) is 19.8. The zero-order valence-electron chi connectivity index (χ0n) is 14.5. The van der Waals surface area contributed by atoms with Crippen molar-refractivity contribution < 1.29 is 19.5 Å². The molecule has 0 atom stereocenters. The first-order valence-corrected chi connectivity index (χ1v) is 8.43. The Morgan fingerprint density at radius 1 is 0.893 bits per heavy atom. The number of carbonyl (C=O) groups excluding carboxylic acids is 2. The Morgan fingerprint density at radius 3 is 2.07 bits per heavy atom. The second-order valence-electron chi connectivity index (χ2n) is 6.25. The third-order valence-corrected chi connectivity index (χ3v) is 4.64. The summed E-state index contributed by atoms with van der Waals surface area (Å²) in [6.07, 6.45) is 5.37. The van der Waals surface area contributed by atoms with Crippen molar-refractivity contribution in [2.45, 2.75) is 0 Å². The Labute approximate surface area is 160 Å². The first kappa shape index (κ1) is 17.3. The molecule has 0 spiro atoms. The van der Waals surface area contributed by atoms with E-state index in [4.69, 9.17) is 11.5 Å². The normalized spacial score (nSPS) is 12.6. The van der Waals surface area contributed by atoms with Gasteiger partial charge >= 0.3 is 5.97 Å². The number of benzene rings is 3. The van der Waals surface area contributed by atoms with Crippen molar-refractivity contribution in [2.24, 2.45) is 0 Å². The maximum atomic E-state index is 12.5. The molecule has 2 aromatic carbocycles. The second kappa shape index (κ2) is 6.53. The summed E-state index contributed by atoms with van der Waals surface area (Å²) in [6, 6.07) is 18.8. The topological polar surface area (TPSA) is 74.7 Å². The van der Waals surface area contributed by atoms with E-state index < -0.39 is 17.8 Å². The van der Waals surface area contributed by atoms with E-state index in [1.54, 1.807) is 12.1 Å². The molecule has 0 saturated heterocycles. The number of carboxylic acids is 1. The molecular formula is C23H13NO4.